The normalized spacial score (nSPS) is 10.8. The van der Waals surface area contributed by atoms with Crippen molar-refractivity contribution in [2.75, 3.05) is 0 Å². The van der Waals surface area contributed by atoms with E-state index in [9.17, 15) is 18.3 Å². The van der Waals surface area contributed by atoms with Crippen LogP contribution in [0.15, 0.2) is 46.9 Å². The Bertz CT molecular complexity index is 659. The van der Waals surface area contributed by atoms with E-state index in [1.807, 2.05) is 0 Å². The fraction of sp³-hybridized carbons (Fsp3) is 0.0667. The van der Waals surface area contributed by atoms with Crippen molar-refractivity contribution in [3.8, 4) is 17.6 Å². The smallest absolute Gasteiger partial charge is 0.416 e. The molecule has 2 aromatic rings. The minimum atomic E-state index is -4.35. The van der Waals surface area contributed by atoms with E-state index in [2.05, 4.69) is 27.8 Å². The van der Waals surface area contributed by atoms with Gasteiger partial charge < -0.3 is 5.11 Å². The molecule has 102 valence electrons. The number of aromatic hydroxyl groups is 1. The van der Waals surface area contributed by atoms with E-state index in [1.54, 1.807) is 6.07 Å². The SMILES string of the molecule is Oc1cc(Br)cc(C#Cc2ccc(C(F)(F)F)cc2)c1. The Morgan fingerprint density at radius 3 is 2.05 bits per heavy atom. The van der Waals surface area contributed by atoms with Crippen molar-refractivity contribution in [3.63, 3.8) is 0 Å². The molecule has 0 fully saturated rings. The highest BCUT2D eigenvalue weighted by molar-refractivity contribution is 9.10. The van der Waals surface area contributed by atoms with Crippen molar-refractivity contribution in [2.24, 2.45) is 0 Å². The van der Waals surface area contributed by atoms with Crippen LogP contribution in [-0.4, -0.2) is 5.11 Å². The quantitative estimate of drug-likeness (QED) is 0.696. The summed E-state index contributed by atoms with van der Waals surface area (Å²) < 4.78 is 37.8. The van der Waals surface area contributed by atoms with Crippen LogP contribution in [0.5, 0.6) is 5.75 Å². The first kappa shape index (κ1) is 14.5. The largest absolute Gasteiger partial charge is 0.508 e. The molecule has 0 bridgehead atoms. The second-order valence-electron chi connectivity index (χ2n) is 4.02. The van der Waals surface area contributed by atoms with Crippen LogP contribution >= 0.6 is 15.9 Å². The Morgan fingerprint density at radius 1 is 0.900 bits per heavy atom. The summed E-state index contributed by atoms with van der Waals surface area (Å²) in [5.41, 5.74) is 0.331. The van der Waals surface area contributed by atoms with Gasteiger partial charge in [-0.05, 0) is 42.5 Å². The third kappa shape index (κ3) is 3.78. The van der Waals surface area contributed by atoms with Gasteiger partial charge in [0.25, 0.3) is 0 Å². The lowest BCUT2D eigenvalue weighted by molar-refractivity contribution is -0.137. The predicted octanol–water partition coefficient (Wildman–Crippen LogP) is 4.57. The maximum Gasteiger partial charge on any atom is 0.416 e. The van der Waals surface area contributed by atoms with E-state index < -0.39 is 11.7 Å². The predicted molar refractivity (Wildman–Crippen MR) is 73.2 cm³/mol. The summed E-state index contributed by atoms with van der Waals surface area (Å²) in [4.78, 5) is 0. The first-order valence-electron chi connectivity index (χ1n) is 5.53. The molecular formula is C15H8BrF3O. The molecule has 0 amide bonds. The monoisotopic (exact) mass is 340 g/mol. The van der Waals surface area contributed by atoms with E-state index in [0.29, 0.717) is 15.6 Å². The molecule has 0 spiro atoms. The Kier molecular flexibility index (Phi) is 4.05. The van der Waals surface area contributed by atoms with Crippen molar-refractivity contribution in [3.05, 3.63) is 63.6 Å². The average Bonchev–Trinajstić information content (AvgIpc) is 2.35. The Hall–Kier alpha value is -1.93. The number of alkyl halides is 3. The lowest BCUT2D eigenvalue weighted by Gasteiger charge is -2.05. The molecule has 5 heteroatoms. The molecule has 0 aliphatic rings. The molecule has 0 aliphatic heterocycles. The third-order valence-corrected chi connectivity index (χ3v) is 2.90. The van der Waals surface area contributed by atoms with E-state index in [4.69, 9.17) is 0 Å². The highest BCUT2D eigenvalue weighted by Crippen LogP contribution is 2.29. The van der Waals surface area contributed by atoms with Crippen LogP contribution in [0.3, 0.4) is 0 Å². The van der Waals surface area contributed by atoms with Crippen molar-refractivity contribution in [1.82, 2.24) is 0 Å². The minimum absolute atomic E-state index is 0.0658. The van der Waals surface area contributed by atoms with E-state index in [1.165, 1.54) is 24.3 Å². The van der Waals surface area contributed by atoms with Crippen LogP contribution in [-0.2, 0) is 6.18 Å². The van der Waals surface area contributed by atoms with Gasteiger partial charge in [0.2, 0.25) is 0 Å². The number of benzene rings is 2. The Morgan fingerprint density at radius 2 is 1.50 bits per heavy atom. The van der Waals surface area contributed by atoms with E-state index in [0.717, 1.165) is 12.1 Å². The Labute approximate surface area is 122 Å². The maximum atomic E-state index is 12.4. The zero-order chi connectivity index (χ0) is 14.8. The van der Waals surface area contributed by atoms with Gasteiger partial charge in [0.1, 0.15) is 5.75 Å². The second-order valence-corrected chi connectivity index (χ2v) is 4.94. The molecule has 20 heavy (non-hydrogen) atoms. The molecule has 0 unspecified atom stereocenters. The molecule has 0 aromatic heterocycles. The summed E-state index contributed by atoms with van der Waals surface area (Å²) in [5, 5.41) is 9.39. The van der Waals surface area contributed by atoms with Crippen LogP contribution < -0.4 is 0 Å². The minimum Gasteiger partial charge on any atom is -0.508 e. The molecule has 0 saturated heterocycles. The van der Waals surface area contributed by atoms with Gasteiger partial charge in [0.05, 0.1) is 5.56 Å². The van der Waals surface area contributed by atoms with Gasteiger partial charge >= 0.3 is 6.18 Å². The summed E-state index contributed by atoms with van der Waals surface area (Å²) in [5.74, 6) is 5.59. The highest BCUT2D eigenvalue weighted by Gasteiger charge is 2.29. The summed E-state index contributed by atoms with van der Waals surface area (Å²) in [6, 6.07) is 9.30. The van der Waals surface area contributed by atoms with Crippen LogP contribution in [0, 0.1) is 11.8 Å². The van der Waals surface area contributed by atoms with Crippen molar-refractivity contribution in [1.29, 1.82) is 0 Å². The van der Waals surface area contributed by atoms with Crippen LogP contribution in [0.2, 0.25) is 0 Å². The molecule has 1 nitrogen and oxygen atoms in total. The third-order valence-electron chi connectivity index (χ3n) is 2.45. The van der Waals surface area contributed by atoms with Crippen LogP contribution in [0.4, 0.5) is 13.2 Å². The second kappa shape index (κ2) is 5.59. The molecule has 2 rings (SSSR count). The molecule has 0 saturated carbocycles. The molecule has 0 atom stereocenters. The standard InChI is InChI=1S/C15H8BrF3O/c16-13-7-11(8-14(20)9-13)2-1-10-3-5-12(6-4-10)15(17,18)19/h3-9,20H. The lowest BCUT2D eigenvalue weighted by atomic mass is 10.1. The number of hydrogen-bond donors (Lipinski definition) is 1. The Balaban J connectivity index is 2.25. The molecule has 2 aromatic carbocycles. The summed E-state index contributed by atoms with van der Waals surface area (Å²) in [6.07, 6.45) is -4.35. The lowest BCUT2D eigenvalue weighted by Crippen LogP contribution is -2.04. The molecular weight excluding hydrogens is 333 g/mol. The van der Waals surface area contributed by atoms with Gasteiger partial charge in [0, 0.05) is 15.6 Å². The summed E-state index contributed by atoms with van der Waals surface area (Å²) in [6.45, 7) is 0. The van der Waals surface area contributed by atoms with Gasteiger partial charge in [-0.1, -0.05) is 27.8 Å². The van der Waals surface area contributed by atoms with Crippen LogP contribution in [0.25, 0.3) is 0 Å². The number of phenols is 1. The molecule has 0 radical (unpaired) electrons. The van der Waals surface area contributed by atoms with Crippen molar-refractivity contribution < 1.29 is 18.3 Å². The summed E-state index contributed by atoms with van der Waals surface area (Å²) in [7, 11) is 0. The molecule has 0 heterocycles. The van der Waals surface area contributed by atoms with Gasteiger partial charge in [-0.2, -0.15) is 13.2 Å². The number of halogens is 4. The average molecular weight is 341 g/mol. The topological polar surface area (TPSA) is 20.2 Å². The first-order chi connectivity index (χ1) is 9.34. The summed E-state index contributed by atoms with van der Waals surface area (Å²) >= 11 is 3.22. The first-order valence-corrected chi connectivity index (χ1v) is 6.33. The molecule has 0 aliphatic carbocycles. The number of hydrogen-bond acceptors (Lipinski definition) is 1. The van der Waals surface area contributed by atoms with Crippen molar-refractivity contribution >= 4 is 15.9 Å². The fourth-order valence-corrected chi connectivity index (χ4v) is 2.01. The maximum absolute atomic E-state index is 12.4. The molecule has 1 N–H and O–H groups in total. The van der Waals surface area contributed by atoms with Gasteiger partial charge in [-0.25, -0.2) is 0 Å². The zero-order valence-electron chi connectivity index (χ0n) is 10.0. The fourth-order valence-electron chi connectivity index (χ4n) is 1.53. The van der Waals surface area contributed by atoms with Crippen molar-refractivity contribution in [2.45, 2.75) is 6.18 Å². The number of phenolic OH excluding ortho intramolecular Hbond substituents is 1. The van der Waals surface area contributed by atoms with E-state index >= 15 is 0 Å². The van der Waals surface area contributed by atoms with Crippen LogP contribution in [0.1, 0.15) is 16.7 Å². The van der Waals surface area contributed by atoms with E-state index in [-0.39, 0.29) is 5.75 Å². The highest BCUT2D eigenvalue weighted by atomic mass is 79.9. The van der Waals surface area contributed by atoms with Gasteiger partial charge in [-0.3, -0.25) is 0 Å². The zero-order valence-corrected chi connectivity index (χ0v) is 11.6. The van der Waals surface area contributed by atoms with Gasteiger partial charge in [-0.15, -0.1) is 0 Å². The van der Waals surface area contributed by atoms with Gasteiger partial charge in [0.15, 0.2) is 0 Å². The number of rotatable bonds is 0.